The topological polar surface area (TPSA) is 47.8 Å². The molecule has 1 aromatic heterocycles. The summed E-state index contributed by atoms with van der Waals surface area (Å²) < 4.78 is 2.85. The lowest BCUT2D eigenvalue weighted by Gasteiger charge is -2.08. The maximum Gasteiger partial charge on any atom is 0.192 e. The van der Waals surface area contributed by atoms with Crippen LogP contribution in [0.15, 0.2) is 70.8 Å². The van der Waals surface area contributed by atoms with Crippen LogP contribution in [0.25, 0.3) is 11.4 Å². The fraction of sp³-hybridized carbons (Fsp3) is 0.105. The molecule has 0 unspecified atom stereocenters. The number of carbonyl (C=O) groups is 1. The van der Waals surface area contributed by atoms with E-state index in [1.807, 2.05) is 41.0 Å². The zero-order chi connectivity index (χ0) is 18.5. The van der Waals surface area contributed by atoms with E-state index >= 15 is 0 Å². The van der Waals surface area contributed by atoms with Crippen molar-refractivity contribution in [3.05, 3.63) is 76.2 Å². The second kappa shape index (κ2) is 8.66. The number of carbonyl (C=O) groups excluding carboxylic acids is 1. The molecule has 0 aliphatic carbocycles. The van der Waals surface area contributed by atoms with Crippen molar-refractivity contribution in [1.82, 2.24) is 14.8 Å². The monoisotopic (exact) mass is 447 g/mol. The number of hydrogen-bond acceptors (Lipinski definition) is 4. The molecule has 4 nitrogen and oxygen atoms in total. The third-order valence-corrected chi connectivity index (χ3v) is 5.47. The van der Waals surface area contributed by atoms with E-state index in [9.17, 15) is 4.79 Å². The quantitative estimate of drug-likeness (QED) is 0.271. The normalized spacial score (nSPS) is 10.7. The molecule has 1 heterocycles. The van der Waals surface area contributed by atoms with Crippen LogP contribution in [-0.2, 0) is 6.54 Å². The van der Waals surface area contributed by atoms with E-state index in [1.165, 1.54) is 11.8 Å². The lowest BCUT2D eigenvalue weighted by atomic mass is 10.2. The first-order chi connectivity index (χ1) is 12.6. The number of benzene rings is 2. The molecule has 26 heavy (non-hydrogen) atoms. The molecule has 3 rings (SSSR count). The van der Waals surface area contributed by atoms with Crippen molar-refractivity contribution in [3.8, 4) is 11.4 Å². The fourth-order valence-electron chi connectivity index (χ4n) is 2.38. The number of Topliss-reactive ketones (excluding diaryl/α,β-unsaturated/α-hetero) is 1. The van der Waals surface area contributed by atoms with E-state index in [0.717, 1.165) is 10.0 Å². The summed E-state index contributed by atoms with van der Waals surface area (Å²) in [6.45, 7) is 4.33. The van der Waals surface area contributed by atoms with Crippen molar-refractivity contribution in [1.29, 1.82) is 0 Å². The third kappa shape index (κ3) is 4.26. The molecule has 0 aliphatic heterocycles. The van der Waals surface area contributed by atoms with Gasteiger partial charge in [0.2, 0.25) is 0 Å². The van der Waals surface area contributed by atoms with Crippen LogP contribution in [0.5, 0.6) is 0 Å². The Morgan fingerprint density at radius 3 is 2.62 bits per heavy atom. The maximum absolute atomic E-state index is 12.4. The van der Waals surface area contributed by atoms with Gasteiger partial charge < -0.3 is 0 Å². The molecule has 0 saturated heterocycles. The van der Waals surface area contributed by atoms with Crippen molar-refractivity contribution in [2.45, 2.75) is 11.7 Å². The van der Waals surface area contributed by atoms with E-state index in [0.29, 0.717) is 28.1 Å². The molecule has 0 atom stereocenters. The highest BCUT2D eigenvalue weighted by molar-refractivity contribution is 9.10. The van der Waals surface area contributed by atoms with Crippen molar-refractivity contribution < 1.29 is 4.79 Å². The van der Waals surface area contributed by atoms with Gasteiger partial charge in [0.15, 0.2) is 16.8 Å². The molecule has 0 fully saturated rings. The van der Waals surface area contributed by atoms with E-state index in [4.69, 9.17) is 11.6 Å². The molecule has 0 bridgehead atoms. The zero-order valence-corrected chi connectivity index (χ0v) is 16.9. The molecule has 0 spiro atoms. The Labute approximate surface area is 169 Å². The fourth-order valence-corrected chi connectivity index (χ4v) is 3.71. The van der Waals surface area contributed by atoms with Crippen LogP contribution in [0.1, 0.15) is 10.4 Å². The zero-order valence-electron chi connectivity index (χ0n) is 13.7. The van der Waals surface area contributed by atoms with Gasteiger partial charge in [-0.1, -0.05) is 69.6 Å². The minimum Gasteiger partial charge on any atom is -0.298 e. The Kier molecular flexibility index (Phi) is 6.29. The van der Waals surface area contributed by atoms with Crippen molar-refractivity contribution in [2.24, 2.45) is 0 Å². The van der Waals surface area contributed by atoms with E-state index in [-0.39, 0.29) is 11.5 Å². The van der Waals surface area contributed by atoms with E-state index < -0.39 is 0 Å². The molecule has 2 aromatic carbocycles. The SMILES string of the molecule is C=CCn1c(SCC(=O)c2ccc(Br)cc2)nnc1-c1ccccc1Cl. The van der Waals surface area contributed by atoms with Crippen LogP contribution < -0.4 is 0 Å². The molecule has 0 radical (unpaired) electrons. The van der Waals surface area contributed by atoms with Gasteiger partial charge in [-0.2, -0.15) is 0 Å². The van der Waals surface area contributed by atoms with Gasteiger partial charge in [-0.15, -0.1) is 16.8 Å². The van der Waals surface area contributed by atoms with Gasteiger partial charge in [0.05, 0.1) is 10.8 Å². The number of hydrogen-bond donors (Lipinski definition) is 0. The van der Waals surface area contributed by atoms with Gasteiger partial charge in [0.1, 0.15) is 0 Å². The summed E-state index contributed by atoms with van der Waals surface area (Å²) in [5, 5.41) is 9.77. The minimum atomic E-state index is 0.0370. The number of nitrogens with zero attached hydrogens (tertiary/aromatic N) is 3. The predicted molar refractivity (Wildman–Crippen MR) is 110 cm³/mol. The number of aromatic nitrogens is 3. The van der Waals surface area contributed by atoms with Gasteiger partial charge in [-0.25, -0.2) is 0 Å². The minimum absolute atomic E-state index is 0.0370. The smallest absolute Gasteiger partial charge is 0.192 e. The second-order valence-corrected chi connectivity index (χ2v) is 7.67. The van der Waals surface area contributed by atoms with Crippen LogP contribution in [0, 0.1) is 0 Å². The van der Waals surface area contributed by atoms with Crippen molar-refractivity contribution in [2.75, 3.05) is 5.75 Å². The summed E-state index contributed by atoms with van der Waals surface area (Å²) in [5.74, 6) is 0.975. The number of rotatable bonds is 7. The van der Waals surface area contributed by atoms with Crippen LogP contribution in [0.4, 0.5) is 0 Å². The Hall–Kier alpha value is -1.89. The number of halogens is 2. The highest BCUT2D eigenvalue weighted by atomic mass is 79.9. The standard InChI is InChI=1S/C19H15BrClN3OS/c1-2-11-24-18(15-5-3-4-6-16(15)21)22-23-19(24)26-12-17(25)13-7-9-14(20)10-8-13/h2-10H,1,11-12H2. The molecule has 7 heteroatoms. The highest BCUT2D eigenvalue weighted by Gasteiger charge is 2.17. The Morgan fingerprint density at radius 1 is 1.19 bits per heavy atom. The van der Waals surface area contributed by atoms with Crippen molar-refractivity contribution in [3.63, 3.8) is 0 Å². The summed E-state index contributed by atoms with van der Waals surface area (Å²) in [7, 11) is 0. The lowest BCUT2D eigenvalue weighted by Crippen LogP contribution is -2.05. The molecule has 3 aromatic rings. The molecule has 0 saturated carbocycles. The second-order valence-electron chi connectivity index (χ2n) is 5.40. The molecular weight excluding hydrogens is 434 g/mol. The summed E-state index contributed by atoms with van der Waals surface area (Å²) in [5.41, 5.74) is 1.47. The number of allylic oxidation sites excluding steroid dienone is 1. The van der Waals surface area contributed by atoms with Crippen LogP contribution in [0.2, 0.25) is 5.02 Å². The van der Waals surface area contributed by atoms with Gasteiger partial charge in [0.25, 0.3) is 0 Å². The number of thioether (sulfide) groups is 1. The first-order valence-electron chi connectivity index (χ1n) is 7.80. The Balaban J connectivity index is 1.82. The first kappa shape index (κ1) is 18.9. The third-order valence-electron chi connectivity index (χ3n) is 3.64. The van der Waals surface area contributed by atoms with Gasteiger partial charge >= 0.3 is 0 Å². The molecule has 0 N–H and O–H groups in total. The average molecular weight is 449 g/mol. The maximum atomic E-state index is 12.4. The molecule has 0 amide bonds. The molecule has 132 valence electrons. The van der Waals surface area contributed by atoms with E-state index in [2.05, 4.69) is 32.7 Å². The van der Waals surface area contributed by atoms with Gasteiger partial charge in [-0.05, 0) is 24.3 Å². The van der Waals surface area contributed by atoms with Crippen molar-refractivity contribution >= 4 is 45.1 Å². The van der Waals surface area contributed by atoms with Gasteiger partial charge in [0, 0.05) is 22.1 Å². The predicted octanol–water partition coefficient (Wildman–Crippen LogP) is 5.52. The lowest BCUT2D eigenvalue weighted by molar-refractivity contribution is 0.102. The molecule has 0 aliphatic rings. The Morgan fingerprint density at radius 2 is 1.92 bits per heavy atom. The van der Waals surface area contributed by atoms with Crippen LogP contribution in [-0.4, -0.2) is 26.3 Å². The summed E-state index contributed by atoms with van der Waals surface area (Å²) in [4.78, 5) is 12.4. The van der Waals surface area contributed by atoms with Gasteiger partial charge in [-0.3, -0.25) is 9.36 Å². The van der Waals surface area contributed by atoms with Crippen LogP contribution in [0.3, 0.4) is 0 Å². The highest BCUT2D eigenvalue weighted by Crippen LogP contribution is 2.29. The molecular formula is C19H15BrClN3OS. The first-order valence-corrected chi connectivity index (χ1v) is 9.96. The largest absolute Gasteiger partial charge is 0.298 e. The number of ketones is 1. The summed E-state index contributed by atoms with van der Waals surface area (Å²) in [6.07, 6.45) is 1.77. The summed E-state index contributed by atoms with van der Waals surface area (Å²) in [6, 6.07) is 14.8. The van der Waals surface area contributed by atoms with Crippen LogP contribution >= 0.6 is 39.3 Å². The average Bonchev–Trinajstić information content (AvgIpc) is 3.03. The van der Waals surface area contributed by atoms with E-state index in [1.54, 1.807) is 18.2 Å². The Bertz CT molecular complexity index is 940. The summed E-state index contributed by atoms with van der Waals surface area (Å²) >= 11 is 11.0.